The second-order valence-corrected chi connectivity index (χ2v) is 4.90. The Labute approximate surface area is 109 Å². The summed E-state index contributed by atoms with van der Waals surface area (Å²) in [7, 11) is 0. The highest BCUT2D eigenvalue weighted by Crippen LogP contribution is 2.36. The topological polar surface area (TPSA) is 57.4 Å². The molecule has 0 fully saturated rings. The summed E-state index contributed by atoms with van der Waals surface area (Å²) >= 11 is 1.55. The van der Waals surface area contributed by atoms with Gasteiger partial charge in [0, 0.05) is 4.90 Å². The molecule has 0 atom stereocenters. The molecule has 4 nitrogen and oxygen atoms in total. The summed E-state index contributed by atoms with van der Waals surface area (Å²) in [4.78, 5) is 5.30. The van der Waals surface area contributed by atoms with Crippen molar-refractivity contribution in [3.8, 4) is 11.5 Å². The number of ether oxygens (including phenoxy) is 2. The van der Waals surface area contributed by atoms with Crippen LogP contribution >= 0.6 is 11.8 Å². The van der Waals surface area contributed by atoms with Gasteiger partial charge in [0.05, 0.1) is 0 Å². The number of nitrogens with two attached hydrogens (primary N) is 1. The van der Waals surface area contributed by atoms with Crippen LogP contribution < -0.4 is 15.2 Å². The van der Waals surface area contributed by atoms with Crippen molar-refractivity contribution in [3.63, 3.8) is 0 Å². The molecule has 2 aromatic rings. The minimum atomic E-state index is 0.526. The maximum atomic E-state index is 5.65. The van der Waals surface area contributed by atoms with Crippen LogP contribution in [0, 0.1) is 0 Å². The third kappa shape index (κ3) is 2.36. The molecule has 1 aromatic heterocycles. The summed E-state index contributed by atoms with van der Waals surface area (Å²) < 4.78 is 11.0. The molecule has 5 heteroatoms. The lowest BCUT2D eigenvalue weighted by Crippen LogP contribution is -2.15. The fraction of sp³-hybridized carbons (Fsp3) is 0.154. The molecule has 2 N–H and O–H groups in total. The fourth-order valence-electron chi connectivity index (χ4n) is 1.70. The zero-order chi connectivity index (χ0) is 12.4. The number of hydrogen-bond acceptors (Lipinski definition) is 5. The first-order chi connectivity index (χ1) is 8.81. The van der Waals surface area contributed by atoms with Crippen LogP contribution in [-0.2, 0) is 0 Å². The van der Waals surface area contributed by atoms with Crippen molar-refractivity contribution in [3.05, 3.63) is 36.4 Å². The number of rotatable bonds is 2. The summed E-state index contributed by atoms with van der Waals surface area (Å²) in [6.45, 7) is 1.20. The van der Waals surface area contributed by atoms with Gasteiger partial charge in [0.1, 0.15) is 24.1 Å². The number of aromatic nitrogens is 1. The molecule has 3 rings (SSSR count). The van der Waals surface area contributed by atoms with E-state index in [1.807, 2.05) is 30.3 Å². The first-order valence-electron chi connectivity index (χ1n) is 5.61. The van der Waals surface area contributed by atoms with Crippen molar-refractivity contribution in [2.45, 2.75) is 9.92 Å². The predicted molar refractivity (Wildman–Crippen MR) is 70.2 cm³/mol. The molecule has 0 amide bonds. The Hall–Kier alpha value is -1.88. The maximum absolute atomic E-state index is 5.65. The Bertz CT molecular complexity index is 575. The van der Waals surface area contributed by atoms with Gasteiger partial charge >= 0.3 is 0 Å². The van der Waals surface area contributed by atoms with E-state index in [4.69, 9.17) is 15.2 Å². The van der Waals surface area contributed by atoms with E-state index in [-0.39, 0.29) is 0 Å². The maximum Gasteiger partial charge on any atom is 0.162 e. The molecular formula is C13H12N2O2S. The Morgan fingerprint density at radius 1 is 1.06 bits per heavy atom. The van der Waals surface area contributed by atoms with E-state index in [0.29, 0.717) is 19.0 Å². The van der Waals surface area contributed by atoms with Crippen LogP contribution in [0.25, 0.3) is 0 Å². The van der Waals surface area contributed by atoms with Crippen LogP contribution in [-0.4, -0.2) is 18.2 Å². The molecule has 1 aromatic carbocycles. The number of pyridine rings is 1. The number of benzene rings is 1. The van der Waals surface area contributed by atoms with Crippen molar-refractivity contribution in [2.75, 3.05) is 18.9 Å². The van der Waals surface area contributed by atoms with Crippen molar-refractivity contribution in [1.29, 1.82) is 0 Å². The highest BCUT2D eigenvalue weighted by Gasteiger charge is 2.12. The molecule has 1 aliphatic rings. The van der Waals surface area contributed by atoms with Gasteiger partial charge in [-0.25, -0.2) is 4.98 Å². The van der Waals surface area contributed by atoms with Crippen molar-refractivity contribution in [2.24, 2.45) is 0 Å². The lowest BCUT2D eigenvalue weighted by atomic mass is 10.3. The second-order valence-electron chi connectivity index (χ2n) is 3.81. The summed E-state index contributed by atoms with van der Waals surface area (Å²) in [5.74, 6) is 2.11. The molecule has 18 heavy (non-hydrogen) atoms. The number of nitrogens with zero attached hydrogens (tertiary/aromatic N) is 1. The van der Waals surface area contributed by atoms with Gasteiger partial charge in [-0.3, -0.25) is 0 Å². The molecule has 92 valence electrons. The molecular weight excluding hydrogens is 248 g/mol. The van der Waals surface area contributed by atoms with Crippen LogP contribution in [0.15, 0.2) is 46.3 Å². The standard InChI is InChI=1S/C13H12N2O2S/c14-12-2-1-3-13(15-12)18-9-4-5-10-11(8-9)17-7-6-16-10/h1-5,8H,6-7H2,(H2,14,15). The van der Waals surface area contributed by atoms with E-state index >= 15 is 0 Å². The van der Waals surface area contributed by atoms with Crippen LogP contribution in [0.5, 0.6) is 11.5 Å². The molecule has 0 unspecified atom stereocenters. The van der Waals surface area contributed by atoms with Gasteiger partial charge < -0.3 is 15.2 Å². The molecule has 0 bridgehead atoms. The molecule has 0 aliphatic carbocycles. The molecule has 0 radical (unpaired) electrons. The lowest BCUT2D eigenvalue weighted by Gasteiger charge is -2.18. The molecule has 0 saturated heterocycles. The zero-order valence-electron chi connectivity index (χ0n) is 9.63. The first kappa shape index (κ1) is 11.2. The second kappa shape index (κ2) is 4.78. The Morgan fingerprint density at radius 2 is 1.89 bits per heavy atom. The zero-order valence-corrected chi connectivity index (χ0v) is 10.4. The van der Waals surface area contributed by atoms with Crippen LogP contribution in [0.3, 0.4) is 0 Å². The summed E-state index contributed by atoms with van der Waals surface area (Å²) in [5, 5.41) is 0.867. The normalized spacial score (nSPS) is 13.3. The number of nitrogen functional groups attached to an aromatic ring is 1. The van der Waals surface area contributed by atoms with Gasteiger partial charge in [-0.2, -0.15) is 0 Å². The van der Waals surface area contributed by atoms with Crippen molar-refractivity contribution in [1.82, 2.24) is 4.98 Å². The summed E-state index contributed by atoms with van der Waals surface area (Å²) in [6, 6.07) is 11.5. The van der Waals surface area contributed by atoms with E-state index in [2.05, 4.69) is 4.98 Å². The largest absolute Gasteiger partial charge is 0.486 e. The van der Waals surface area contributed by atoms with Gasteiger partial charge in [0.2, 0.25) is 0 Å². The van der Waals surface area contributed by atoms with Gasteiger partial charge in [-0.05, 0) is 30.3 Å². The van der Waals surface area contributed by atoms with E-state index in [1.165, 1.54) is 0 Å². The highest BCUT2D eigenvalue weighted by atomic mass is 32.2. The number of hydrogen-bond donors (Lipinski definition) is 1. The van der Waals surface area contributed by atoms with Crippen LogP contribution in [0.1, 0.15) is 0 Å². The predicted octanol–water partition coefficient (Wildman–Crippen LogP) is 2.59. The monoisotopic (exact) mass is 260 g/mol. The van der Waals surface area contributed by atoms with Crippen LogP contribution in [0.2, 0.25) is 0 Å². The summed E-state index contributed by atoms with van der Waals surface area (Å²) in [5.41, 5.74) is 5.65. The van der Waals surface area contributed by atoms with Crippen molar-refractivity contribution < 1.29 is 9.47 Å². The van der Waals surface area contributed by atoms with E-state index in [0.717, 1.165) is 21.4 Å². The minimum Gasteiger partial charge on any atom is -0.486 e. The smallest absolute Gasteiger partial charge is 0.162 e. The van der Waals surface area contributed by atoms with Gasteiger partial charge in [0.15, 0.2) is 11.5 Å². The van der Waals surface area contributed by atoms with Crippen molar-refractivity contribution >= 4 is 17.6 Å². The van der Waals surface area contributed by atoms with E-state index < -0.39 is 0 Å². The van der Waals surface area contributed by atoms with Crippen LogP contribution in [0.4, 0.5) is 5.82 Å². The van der Waals surface area contributed by atoms with E-state index in [9.17, 15) is 0 Å². The average Bonchev–Trinajstić information content (AvgIpc) is 2.39. The average molecular weight is 260 g/mol. The third-order valence-electron chi connectivity index (χ3n) is 2.48. The highest BCUT2D eigenvalue weighted by molar-refractivity contribution is 7.99. The molecule has 1 aliphatic heterocycles. The minimum absolute atomic E-state index is 0.526. The molecule has 2 heterocycles. The van der Waals surface area contributed by atoms with Gasteiger partial charge in [-0.1, -0.05) is 17.8 Å². The quantitative estimate of drug-likeness (QED) is 0.899. The Kier molecular flexibility index (Phi) is 2.98. The Morgan fingerprint density at radius 3 is 2.72 bits per heavy atom. The summed E-state index contributed by atoms with van der Waals surface area (Å²) in [6.07, 6.45) is 0. The van der Waals surface area contributed by atoms with E-state index in [1.54, 1.807) is 17.8 Å². The number of fused-ring (bicyclic) bond motifs is 1. The first-order valence-corrected chi connectivity index (χ1v) is 6.43. The fourth-order valence-corrected chi connectivity index (χ4v) is 2.54. The lowest BCUT2D eigenvalue weighted by molar-refractivity contribution is 0.171. The molecule has 0 saturated carbocycles. The number of anilines is 1. The third-order valence-corrected chi connectivity index (χ3v) is 3.41. The SMILES string of the molecule is Nc1cccc(Sc2ccc3c(c2)OCCO3)n1. The Balaban J connectivity index is 1.85. The van der Waals surface area contributed by atoms with Gasteiger partial charge in [0.25, 0.3) is 0 Å². The molecule has 0 spiro atoms. The van der Waals surface area contributed by atoms with Gasteiger partial charge in [-0.15, -0.1) is 0 Å².